The summed E-state index contributed by atoms with van der Waals surface area (Å²) < 4.78 is 4.09. The molecule has 0 amide bonds. The summed E-state index contributed by atoms with van der Waals surface area (Å²) in [4.78, 5) is 2.63. The molecule has 17 heavy (non-hydrogen) atoms. The number of aromatic nitrogens is 2. The summed E-state index contributed by atoms with van der Waals surface area (Å²) in [5.41, 5.74) is 2.48. The molecule has 0 aliphatic carbocycles. The van der Waals surface area contributed by atoms with Gasteiger partial charge in [-0.05, 0) is 48.4 Å². The molecular weight excluding hydrogens is 250 g/mol. The number of nitrogens with zero attached hydrogens (tertiary/aromatic N) is 2. The average Bonchev–Trinajstić information content (AvgIpc) is 2.94. The normalized spacial score (nSPS) is 12.9. The summed E-state index contributed by atoms with van der Waals surface area (Å²) in [6, 6.07) is 2.45. The van der Waals surface area contributed by atoms with Crippen LogP contribution in [0, 0.1) is 6.92 Å². The fourth-order valence-electron chi connectivity index (χ4n) is 1.92. The summed E-state index contributed by atoms with van der Waals surface area (Å²) in [7, 11) is 0. The highest BCUT2D eigenvalue weighted by molar-refractivity contribution is 7.10. The standard InChI is InChI=1S/C12H17N3S2/c1-4-10-12(17-15-14-10)11(13-5-2)9-6-7-16-8(9)3/h6-7,11,13H,4-5H2,1-3H3. The Kier molecular flexibility index (Phi) is 4.25. The lowest BCUT2D eigenvalue weighted by Gasteiger charge is -2.17. The van der Waals surface area contributed by atoms with Gasteiger partial charge >= 0.3 is 0 Å². The molecule has 0 aromatic carbocycles. The Labute approximate surface area is 110 Å². The maximum absolute atomic E-state index is 4.21. The molecule has 1 N–H and O–H groups in total. The quantitative estimate of drug-likeness (QED) is 0.904. The number of nitrogens with one attached hydrogen (secondary N) is 1. The van der Waals surface area contributed by atoms with Gasteiger partial charge in [-0.2, -0.15) is 0 Å². The molecule has 3 nitrogen and oxygen atoms in total. The van der Waals surface area contributed by atoms with E-state index in [9.17, 15) is 0 Å². The van der Waals surface area contributed by atoms with Crippen molar-refractivity contribution in [3.8, 4) is 0 Å². The molecule has 0 spiro atoms. The number of aryl methyl sites for hydroxylation is 2. The van der Waals surface area contributed by atoms with E-state index < -0.39 is 0 Å². The first-order valence-electron chi connectivity index (χ1n) is 5.86. The van der Waals surface area contributed by atoms with E-state index in [1.807, 2.05) is 0 Å². The molecule has 0 aliphatic heterocycles. The molecule has 0 bridgehead atoms. The molecule has 1 unspecified atom stereocenters. The Morgan fingerprint density at radius 2 is 2.24 bits per heavy atom. The third-order valence-corrected chi connectivity index (χ3v) is 4.49. The highest BCUT2D eigenvalue weighted by Crippen LogP contribution is 2.31. The Bertz CT molecular complexity index is 476. The highest BCUT2D eigenvalue weighted by atomic mass is 32.1. The van der Waals surface area contributed by atoms with Crippen LogP contribution in [0.3, 0.4) is 0 Å². The lowest BCUT2D eigenvalue weighted by Crippen LogP contribution is -2.22. The second-order valence-corrected chi connectivity index (χ2v) is 5.77. The number of rotatable bonds is 5. The monoisotopic (exact) mass is 267 g/mol. The lowest BCUT2D eigenvalue weighted by atomic mass is 10.0. The van der Waals surface area contributed by atoms with Crippen molar-refractivity contribution in [2.75, 3.05) is 6.54 Å². The van der Waals surface area contributed by atoms with Crippen molar-refractivity contribution in [3.63, 3.8) is 0 Å². The third kappa shape index (κ3) is 2.56. The maximum Gasteiger partial charge on any atom is 0.0804 e. The van der Waals surface area contributed by atoms with E-state index in [1.165, 1.54) is 26.9 Å². The molecule has 0 aliphatic rings. The molecule has 2 aromatic rings. The zero-order chi connectivity index (χ0) is 12.3. The second-order valence-electron chi connectivity index (χ2n) is 3.86. The van der Waals surface area contributed by atoms with E-state index in [2.05, 4.69) is 47.1 Å². The minimum atomic E-state index is 0.251. The second kappa shape index (κ2) is 5.71. The van der Waals surface area contributed by atoms with Crippen molar-refractivity contribution < 1.29 is 0 Å². The largest absolute Gasteiger partial charge is 0.306 e. The van der Waals surface area contributed by atoms with Crippen LogP contribution >= 0.6 is 22.9 Å². The molecule has 0 fully saturated rings. The van der Waals surface area contributed by atoms with Gasteiger partial charge in [0, 0.05) is 4.88 Å². The van der Waals surface area contributed by atoms with Gasteiger partial charge in [-0.3, -0.25) is 0 Å². The topological polar surface area (TPSA) is 37.8 Å². The zero-order valence-corrected chi connectivity index (χ0v) is 12.0. The molecule has 0 saturated carbocycles. The first-order chi connectivity index (χ1) is 8.27. The van der Waals surface area contributed by atoms with E-state index in [0.29, 0.717) is 0 Å². The van der Waals surface area contributed by atoms with Gasteiger partial charge in [-0.1, -0.05) is 18.3 Å². The van der Waals surface area contributed by atoms with Crippen LogP contribution in [0.15, 0.2) is 11.4 Å². The highest BCUT2D eigenvalue weighted by Gasteiger charge is 2.21. The SMILES string of the molecule is CCNC(c1ccsc1C)c1snnc1CC. The fraction of sp³-hybridized carbons (Fsp3) is 0.500. The smallest absolute Gasteiger partial charge is 0.0804 e. The van der Waals surface area contributed by atoms with Crippen LogP contribution in [-0.2, 0) is 6.42 Å². The Morgan fingerprint density at radius 3 is 2.82 bits per heavy atom. The molecule has 2 heterocycles. The Morgan fingerprint density at radius 1 is 1.41 bits per heavy atom. The minimum absolute atomic E-state index is 0.251. The van der Waals surface area contributed by atoms with Crippen LogP contribution in [0.25, 0.3) is 0 Å². The van der Waals surface area contributed by atoms with Crippen molar-refractivity contribution in [2.45, 2.75) is 33.2 Å². The summed E-state index contributed by atoms with van der Waals surface area (Å²) in [5, 5.41) is 9.90. The van der Waals surface area contributed by atoms with Crippen molar-refractivity contribution in [1.29, 1.82) is 0 Å². The molecule has 0 radical (unpaired) electrons. The molecular formula is C12H17N3S2. The van der Waals surface area contributed by atoms with Crippen molar-refractivity contribution in [1.82, 2.24) is 14.9 Å². The zero-order valence-electron chi connectivity index (χ0n) is 10.4. The van der Waals surface area contributed by atoms with Gasteiger partial charge < -0.3 is 5.32 Å². The molecule has 92 valence electrons. The fourth-order valence-corrected chi connectivity index (χ4v) is 3.50. The predicted molar refractivity (Wildman–Crippen MR) is 73.9 cm³/mol. The van der Waals surface area contributed by atoms with Gasteiger partial charge in [0.05, 0.1) is 16.6 Å². The lowest BCUT2D eigenvalue weighted by molar-refractivity contribution is 0.632. The van der Waals surface area contributed by atoms with Gasteiger partial charge in [0.25, 0.3) is 0 Å². The molecule has 2 rings (SSSR count). The van der Waals surface area contributed by atoms with Crippen molar-refractivity contribution >= 4 is 22.9 Å². The molecule has 0 saturated heterocycles. The van der Waals surface area contributed by atoms with Gasteiger partial charge in [0.1, 0.15) is 0 Å². The van der Waals surface area contributed by atoms with Crippen molar-refractivity contribution in [3.05, 3.63) is 32.5 Å². The van der Waals surface area contributed by atoms with Crippen molar-refractivity contribution in [2.24, 2.45) is 0 Å². The first kappa shape index (κ1) is 12.7. The van der Waals surface area contributed by atoms with E-state index in [-0.39, 0.29) is 6.04 Å². The minimum Gasteiger partial charge on any atom is -0.306 e. The number of hydrogen-bond acceptors (Lipinski definition) is 5. The summed E-state index contributed by atoms with van der Waals surface area (Å²) >= 11 is 3.30. The summed E-state index contributed by atoms with van der Waals surface area (Å²) in [6.45, 7) is 7.38. The third-order valence-electron chi connectivity index (χ3n) is 2.80. The van der Waals surface area contributed by atoms with Crippen LogP contribution in [0.1, 0.15) is 40.9 Å². The van der Waals surface area contributed by atoms with Crippen LogP contribution < -0.4 is 5.32 Å². The number of thiophene rings is 1. The average molecular weight is 267 g/mol. The Balaban J connectivity index is 2.39. The number of hydrogen-bond donors (Lipinski definition) is 1. The van der Waals surface area contributed by atoms with Gasteiger partial charge in [-0.15, -0.1) is 16.4 Å². The van der Waals surface area contributed by atoms with Gasteiger partial charge in [0.2, 0.25) is 0 Å². The predicted octanol–water partition coefficient (Wildman–Crippen LogP) is 3.17. The van der Waals surface area contributed by atoms with Crippen LogP contribution in [0.5, 0.6) is 0 Å². The van der Waals surface area contributed by atoms with Crippen LogP contribution in [-0.4, -0.2) is 16.1 Å². The molecule has 2 aromatic heterocycles. The Hall–Kier alpha value is -0.780. The van der Waals surface area contributed by atoms with E-state index >= 15 is 0 Å². The van der Waals surface area contributed by atoms with Crippen LogP contribution in [0.4, 0.5) is 0 Å². The summed E-state index contributed by atoms with van der Waals surface area (Å²) in [5.74, 6) is 0. The molecule has 1 atom stereocenters. The maximum atomic E-state index is 4.21. The van der Waals surface area contributed by atoms with Crippen LogP contribution in [0.2, 0.25) is 0 Å². The summed E-state index contributed by atoms with van der Waals surface area (Å²) in [6.07, 6.45) is 0.941. The van der Waals surface area contributed by atoms with E-state index in [1.54, 1.807) is 11.3 Å². The first-order valence-corrected chi connectivity index (χ1v) is 7.51. The van der Waals surface area contributed by atoms with Gasteiger partial charge in [-0.25, -0.2) is 0 Å². The molecule has 5 heteroatoms. The van der Waals surface area contributed by atoms with E-state index in [0.717, 1.165) is 18.7 Å². The van der Waals surface area contributed by atoms with Gasteiger partial charge in [0.15, 0.2) is 0 Å². The van der Waals surface area contributed by atoms with E-state index in [4.69, 9.17) is 0 Å².